The summed E-state index contributed by atoms with van der Waals surface area (Å²) in [6.07, 6.45) is 0. The molecule has 1 aromatic carbocycles. The van der Waals surface area contributed by atoms with Crippen molar-refractivity contribution in [1.29, 1.82) is 0 Å². The number of amides is 2. The molecule has 0 radical (unpaired) electrons. The van der Waals surface area contributed by atoms with Crippen molar-refractivity contribution in [3.8, 4) is 0 Å². The maximum Gasteiger partial charge on any atom is 0.255 e. The smallest absolute Gasteiger partial charge is 0.255 e. The first kappa shape index (κ1) is 13.2. The second-order valence-electron chi connectivity index (χ2n) is 3.25. The SMILES string of the molecule is CN(CC(N)=O)C(=O)c1cc(Br)ccc1Br. The maximum absolute atomic E-state index is 11.9. The van der Waals surface area contributed by atoms with Gasteiger partial charge in [0.1, 0.15) is 0 Å². The monoisotopic (exact) mass is 348 g/mol. The Labute approximate surface area is 110 Å². The van der Waals surface area contributed by atoms with E-state index in [-0.39, 0.29) is 12.5 Å². The van der Waals surface area contributed by atoms with Gasteiger partial charge in [0.25, 0.3) is 5.91 Å². The van der Waals surface area contributed by atoms with E-state index in [2.05, 4.69) is 31.9 Å². The van der Waals surface area contributed by atoms with Crippen LogP contribution >= 0.6 is 31.9 Å². The number of halogens is 2. The van der Waals surface area contributed by atoms with Crippen molar-refractivity contribution < 1.29 is 9.59 Å². The Hall–Kier alpha value is -0.880. The summed E-state index contributed by atoms with van der Waals surface area (Å²) >= 11 is 6.56. The Morgan fingerprint density at radius 3 is 2.56 bits per heavy atom. The third kappa shape index (κ3) is 3.31. The Morgan fingerprint density at radius 1 is 1.38 bits per heavy atom. The number of carbonyl (C=O) groups is 2. The van der Waals surface area contributed by atoms with Gasteiger partial charge >= 0.3 is 0 Å². The molecular weight excluding hydrogens is 340 g/mol. The molecule has 1 rings (SSSR count). The summed E-state index contributed by atoms with van der Waals surface area (Å²) < 4.78 is 1.48. The molecule has 0 atom stereocenters. The molecule has 0 aliphatic carbocycles. The summed E-state index contributed by atoms with van der Waals surface area (Å²) in [4.78, 5) is 23.9. The molecule has 0 heterocycles. The summed E-state index contributed by atoms with van der Waals surface area (Å²) in [5.74, 6) is -0.797. The van der Waals surface area contributed by atoms with E-state index in [1.807, 2.05) is 6.07 Å². The molecule has 0 saturated heterocycles. The van der Waals surface area contributed by atoms with E-state index in [1.165, 1.54) is 11.9 Å². The lowest BCUT2D eigenvalue weighted by molar-refractivity contribution is -0.118. The fourth-order valence-electron chi connectivity index (χ4n) is 1.17. The number of hydrogen-bond donors (Lipinski definition) is 1. The van der Waals surface area contributed by atoms with Crippen molar-refractivity contribution in [3.05, 3.63) is 32.7 Å². The zero-order valence-electron chi connectivity index (χ0n) is 8.54. The average Bonchev–Trinajstić information content (AvgIpc) is 2.19. The molecule has 0 saturated carbocycles. The van der Waals surface area contributed by atoms with E-state index < -0.39 is 5.91 Å². The largest absolute Gasteiger partial charge is 0.368 e. The quantitative estimate of drug-likeness (QED) is 0.903. The number of rotatable bonds is 3. The molecule has 86 valence electrons. The molecule has 0 fully saturated rings. The summed E-state index contributed by atoms with van der Waals surface area (Å²) in [5.41, 5.74) is 5.51. The third-order valence-electron chi connectivity index (χ3n) is 1.90. The highest BCUT2D eigenvalue weighted by Gasteiger charge is 2.16. The Balaban J connectivity index is 2.95. The highest BCUT2D eigenvalue weighted by Crippen LogP contribution is 2.22. The van der Waals surface area contributed by atoms with Gasteiger partial charge in [0.15, 0.2) is 0 Å². The van der Waals surface area contributed by atoms with Gasteiger partial charge in [0.05, 0.1) is 12.1 Å². The number of primary amides is 1. The topological polar surface area (TPSA) is 63.4 Å². The summed E-state index contributed by atoms with van der Waals surface area (Å²) in [6, 6.07) is 5.26. The summed E-state index contributed by atoms with van der Waals surface area (Å²) in [5, 5.41) is 0. The molecular formula is C10H10Br2N2O2. The van der Waals surface area contributed by atoms with Crippen LogP contribution in [-0.2, 0) is 4.79 Å². The molecule has 0 aromatic heterocycles. The van der Waals surface area contributed by atoms with Crippen LogP contribution in [0.4, 0.5) is 0 Å². The molecule has 16 heavy (non-hydrogen) atoms. The fourth-order valence-corrected chi connectivity index (χ4v) is 1.95. The van der Waals surface area contributed by atoms with Crippen molar-refractivity contribution in [1.82, 2.24) is 4.90 Å². The van der Waals surface area contributed by atoms with Gasteiger partial charge in [-0.05, 0) is 34.1 Å². The second-order valence-corrected chi connectivity index (χ2v) is 5.02. The Morgan fingerprint density at radius 2 is 2.00 bits per heavy atom. The minimum absolute atomic E-state index is 0.0994. The van der Waals surface area contributed by atoms with Crippen LogP contribution in [0.2, 0.25) is 0 Å². The molecule has 4 nitrogen and oxygen atoms in total. The Kier molecular flexibility index (Phi) is 4.49. The number of benzene rings is 1. The van der Waals surface area contributed by atoms with E-state index >= 15 is 0 Å². The van der Waals surface area contributed by atoms with Gasteiger partial charge in [0, 0.05) is 16.0 Å². The number of likely N-dealkylation sites (N-methyl/N-ethyl adjacent to an activating group) is 1. The van der Waals surface area contributed by atoms with Gasteiger partial charge in [-0.1, -0.05) is 15.9 Å². The van der Waals surface area contributed by atoms with Crippen molar-refractivity contribution in [2.24, 2.45) is 5.73 Å². The predicted molar refractivity (Wildman–Crippen MR) is 68.0 cm³/mol. The first-order valence-electron chi connectivity index (χ1n) is 4.40. The molecule has 2 amide bonds. The van der Waals surface area contributed by atoms with Gasteiger partial charge in [-0.2, -0.15) is 0 Å². The number of nitrogens with zero attached hydrogens (tertiary/aromatic N) is 1. The molecule has 0 spiro atoms. The van der Waals surface area contributed by atoms with Gasteiger partial charge in [-0.25, -0.2) is 0 Å². The van der Waals surface area contributed by atoms with E-state index in [1.54, 1.807) is 12.1 Å². The number of carbonyl (C=O) groups excluding carboxylic acids is 2. The molecule has 1 aromatic rings. The highest BCUT2D eigenvalue weighted by molar-refractivity contribution is 9.11. The predicted octanol–water partition coefficient (Wildman–Crippen LogP) is 1.77. The molecule has 0 aliphatic rings. The van der Waals surface area contributed by atoms with Crippen molar-refractivity contribution in [3.63, 3.8) is 0 Å². The van der Waals surface area contributed by atoms with Crippen LogP contribution < -0.4 is 5.73 Å². The maximum atomic E-state index is 11.9. The number of nitrogens with two attached hydrogens (primary N) is 1. The lowest BCUT2D eigenvalue weighted by Crippen LogP contribution is -2.35. The van der Waals surface area contributed by atoms with Gasteiger partial charge in [0.2, 0.25) is 5.91 Å². The third-order valence-corrected chi connectivity index (χ3v) is 3.08. The van der Waals surface area contributed by atoms with Crippen molar-refractivity contribution >= 4 is 43.7 Å². The Bertz CT molecular complexity index is 435. The highest BCUT2D eigenvalue weighted by atomic mass is 79.9. The average molecular weight is 350 g/mol. The van der Waals surface area contributed by atoms with Gasteiger partial charge < -0.3 is 10.6 Å². The van der Waals surface area contributed by atoms with E-state index in [9.17, 15) is 9.59 Å². The van der Waals surface area contributed by atoms with E-state index in [0.717, 1.165) is 4.47 Å². The van der Waals surface area contributed by atoms with Crippen LogP contribution in [-0.4, -0.2) is 30.3 Å². The minimum Gasteiger partial charge on any atom is -0.368 e. The zero-order valence-corrected chi connectivity index (χ0v) is 11.7. The first-order valence-corrected chi connectivity index (χ1v) is 5.99. The zero-order chi connectivity index (χ0) is 12.3. The van der Waals surface area contributed by atoms with Crippen molar-refractivity contribution in [2.45, 2.75) is 0 Å². The first-order chi connectivity index (χ1) is 7.41. The van der Waals surface area contributed by atoms with Crippen molar-refractivity contribution in [2.75, 3.05) is 13.6 Å². The van der Waals surface area contributed by atoms with Crippen LogP contribution in [0, 0.1) is 0 Å². The number of hydrogen-bond acceptors (Lipinski definition) is 2. The summed E-state index contributed by atoms with van der Waals surface area (Å²) in [6.45, 7) is -0.0994. The van der Waals surface area contributed by atoms with Crippen LogP contribution in [0.3, 0.4) is 0 Å². The van der Waals surface area contributed by atoms with Gasteiger partial charge in [-0.3, -0.25) is 9.59 Å². The standard InChI is InChI=1S/C10H10Br2N2O2/c1-14(5-9(13)15)10(16)7-4-6(11)2-3-8(7)12/h2-4H,5H2,1H3,(H2,13,15). The minimum atomic E-state index is -0.540. The molecule has 0 unspecified atom stereocenters. The molecule has 6 heteroatoms. The van der Waals surface area contributed by atoms with E-state index in [0.29, 0.717) is 10.0 Å². The van der Waals surface area contributed by atoms with Crippen LogP contribution in [0.15, 0.2) is 27.1 Å². The lowest BCUT2D eigenvalue weighted by atomic mass is 10.2. The normalized spacial score (nSPS) is 9.94. The van der Waals surface area contributed by atoms with Crippen LogP contribution in [0.1, 0.15) is 10.4 Å². The van der Waals surface area contributed by atoms with Gasteiger partial charge in [-0.15, -0.1) is 0 Å². The fraction of sp³-hybridized carbons (Fsp3) is 0.200. The molecule has 0 aliphatic heterocycles. The molecule has 0 bridgehead atoms. The lowest BCUT2D eigenvalue weighted by Gasteiger charge is -2.16. The van der Waals surface area contributed by atoms with Crippen LogP contribution in [0.5, 0.6) is 0 Å². The summed E-state index contributed by atoms with van der Waals surface area (Å²) in [7, 11) is 1.53. The van der Waals surface area contributed by atoms with E-state index in [4.69, 9.17) is 5.73 Å². The molecule has 2 N–H and O–H groups in total. The second kappa shape index (κ2) is 5.45. The van der Waals surface area contributed by atoms with Crippen LogP contribution in [0.25, 0.3) is 0 Å².